The van der Waals surface area contributed by atoms with Crippen molar-refractivity contribution in [1.29, 1.82) is 0 Å². The molecular weight excluding hydrogens is 473 g/mol. The number of pyridine rings is 1. The predicted octanol–water partition coefficient (Wildman–Crippen LogP) is 5.72. The Kier molecular flexibility index (Phi) is 7.29. The highest BCUT2D eigenvalue weighted by molar-refractivity contribution is 7.80. The first-order valence-electron chi connectivity index (χ1n) is 11.0. The molecule has 174 valence electrons. The van der Waals surface area contributed by atoms with E-state index in [1.165, 1.54) is 5.56 Å². The highest BCUT2D eigenvalue weighted by Gasteiger charge is 2.41. The minimum absolute atomic E-state index is 0.0283. The monoisotopic (exact) mass is 501 g/mol. The van der Waals surface area contributed by atoms with Crippen LogP contribution in [-0.2, 0) is 0 Å². The summed E-state index contributed by atoms with van der Waals surface area (Å²) in [6, 6.07) is 13.9. The summed E-state index contributed by atoms with van der Waals surface area (Å²) in [6.45, 7) is 6.11. The lowest BCUT2D eigenvalue weighted by Gasteiger charge is -2.28. The first-order chi connectivity index (χ1) is 15.8. The highest BCUT2D eigenvalue weighted by atomic mass is 35.5. The first kappa shape index (κ1) is 24.0. The summed E-state index contributed by atoms with van der Waals surface area (Å²) in [7, 11) is 4.19. The van der Waals surface area contributed by atoms with Gasteiger partial charge in [-0.3, -0.25) is 4.98 Å². The lowest BCUT2D eigenvalue weighted by molar-refractivity contribution is 0.292. The minimum Gasteiger partial charge on any atom is -0.352 e. The number of aryl methyl sites for hydroxylation is 1. The van der Waals surface area contributed by atoms with E-state index in [4.69, 9.17) is 35.4 Å². The average Bonchev–Trinajstić information content (AvgIpc) is 3.24. The van der Waals surface area contributed by atoms with E-state index in [9.17, 15) is 0 Å². The maximum atomic E-state index is 6.59. The molecule has 2 aromatic heterocycles. The van der Waals surface area contributed by atoms with Crippen LogP contribution in [0.2, 0.25) is 10.0 Å². The van der Waals surface area contributed by atoms with Crippen LogP contribution in [0.1, 0.15) is 41.1 Å². The second-order valence-corrected chi connectivity index (χ2v) is 9.96. The van der Waals surface area contributed by atoms with Gasteiger partial charge in [0.1, 0.15) is 0 Å². The molecule has 0 spiro atoms. The van der Waals surface area contributed by atoms with E-state index in [1.54, 1.807) is 6.07 Å². The van der Waals surface area contributed by atoms with Gasteiger partial charge in [-0.15, -0.1) is 0 Å². The Bertz CT molecular complexity index is 1150. The molecule has 1 N–H and O–H groups in total. The Morgan fingerprint density at radius 1 is 1.12 bits per heavy atom. The molecule has 0 aliphatic carbocycles. The Morgan fingerprint density at radius 3 is 2.58 bits per heavy atom. The van der Waals surface area contributed by atoms with E-state index < -0.39 is 0 Å². The van der Waals surface area contributed by atoms with Gasteiger partial charge in [-0.05, 0) is 95.1 Å². The molecule has 1 aliphatic heterocycles. The second-order valence-electron chi connectivity index (χ2n) is 8.73. The van der Waals surface area contributed by atoms with E-state index in [0.29, 0.717) is 10.0 Å². The zero-order valence-electron chi connectivity index (χ0n) is 19.3. The molecule has 0 bridgehead atoms. The molecule has 3 heterocycles. The van der Waals surface area contributed by atoms with Gasteiger partial charge in [0.05, 0.1) is 28.5 Å². The lowest BCUT2D eigenvalue weighted by Crippen LogP contribution is -2.32. The van der Waals surface area contributed by atoms with E-state index in [0.717, 1.165) is 47.4 Å². The third kappa shape index (κ3) is 4.90. The van der Waals surface area contributed by atoms with Crippen LogP contribution in [0.3, 0.4) is 0 Å². The van der Waals surface area contributed by atoms with Crippen molar-refractivity contribution in [3.05, 3.63) is 81.4 Å². The van der Waals surface area contributed by atoms with E-state index >= 15 is 0 Å². The molecule has 33 heavy (non-hydrogen) atoms. The Labute approximate surface area is 211 Å². The van der Waals surface area contributed by atoms with Crippen LogP contribution in [-0.4, -0.2) is 51.6 Å². The van der Waals surface area contributed by atoms with E-state index in [-0.39, 0.29) is 12.1 Å². The number of hydrogen-bond donors (Lipinski definition) is 1. The fourth-order valence-electron chi connectivity index (χ4n) is 4.66. The van der Waals surface area contributed by atoms with E-state index in [2.05, 4.69) is 64.7 Å². The van der Waals surface area contributed by atoms with Gasteiger partial charge >= 0.3 is 0 Å². The molecule has 5 nitrogen and oxygen atoms in total. The first-order valence-corrected chi connectivity index (χ1v) is 12.2. The maximum absolute atomic E-state index is 6.59. The van der Waals surface area contributed by atoms with Crippen molar-refractivity contribution in [2.75, 3.05) is 27.2 Å². The van der Waals surface area contributed by atoms with Gasteiger partial charge in [-0.25, -0.2) is 0 Å². The largest absolute Gasteiger partial charge is 0.352 e. The summed E-state index contributed by atoms with van der Waals surface area (Å²) in [6.07, 6.45) is 2.85. The average molecular weight is 503 g/mol. The summed E-state index contributed by atoms with van der Waals surface area (Å²) >= 11 is 18.6. The second kappa shape index (κ2) is 10.0. The molecule has 1 aromatic carbocycles. The summed E-state index contributed by atoms with van der Waals surface area (Å²) < 4.78 is 2.20. The highest BCUT2D eigenvalue weighted by Crippen LogP contribution is 2.42. The van der Waals surface area contributed by atoms with Crippen LogP contribution < -0.4 is 5.32 Å². The van der Waals surface area contributed by atoms with Crippen molar-refractivity contribution >= 4 is 40.5 Å². The number of thiocarbonyl (C=S) groups is 1. The van der Waals surface area contributed by atoms with Gasteiger partial charge < -0.3 is 19.7 Å². The standard InChI is InChI=1S/C25H29Cl2N5S/c1-16-14-19(17(2)32(16)22-10-9-18(26)15-20(22)27)24-23(21-8-5-6-11-28-21)29-25(33)31(24)13-7-12-30(3)4/h5-6,8-11,14-15,23-24H,7,12-13H2,1-4H3,(H,29,33)/t23-,24-/m1/s1. The Balaban J connectivity index is 1.79. The van der Waals surface area contributed by atoms with Crippen LogP contribution in [0.5, 0.6) is 0 Å². The molecule has 1 aliphatic rings. The quantitative estimate of drug-likeness (QED) is 0.419. The van der Waals surface area contributed by atoms with E-state index in [1.807, 2.05) is 30.5 Å². The van der Waals surface area contributed by atoms with Crippen LogP contribution in [0.4, 0.5) is 0 Å². The van der Waals surface area contributed by atoms with Crippen molar-refractivity contribution in [2.45, 2.75) is 32.4 Å². The number of nitrogens with one attached hydrogen (secondary N) is 1. The number of rotatable bonds is 7. The SMILES string of the molecule is Cc1cc([C@@H]2[C@@H](c3ccccn3)NC(=S)N2CCCN(C)C)c(C)n1-c1ccc(Cl)cc1Cl. The van der Waals surface area contributed by atoms with Crippen molar-refractivity contribution in [3.8, 4) is 5.69 Å². The van der Waals surface area contributed by atoms with Crippen LogP contribution >= 0.6 is 35.4 Å². The Hall–Kier alpha value is -2.12. The predicted molar refractivity (Wildman–Crippen MR) is 141 cm³/mol. The molecule has 4 rings (SSSR count). The summed E-state index contributed by atoms with van der Waals surface area (Å²) in [5.74, 6) is 0. The number of hydrogen-bond acceptors (Lipinski definition) is 3. The van der Waals surface area contributed by atoms with Crippen LogP contribution in [0.25, 0.3) is 5.69 Å². The molecule has 2 atom stereocenters. The van der Waals surface area contributed by atoms with Crippen molar-refractivity contribution in [2.24, 2.45) is 0 Å². The van der Waals surface area contributed by atoms with Gasteiger partial charge in [-0.2, -0.15) is 0 Å². The zero-order chi connectivity index (χ0) is 23.7. The molecule has 0 amide bonds. The fraction of sp³-hybridized carbons (Fsp3) is 0.360. The Morgan fingerprint density at radius 2 is 1.91 bits per heavy atom. The molecule has 0 saturated carbocycles. The topological polar surface area (TPSA) is 36.3 Å². The van der Waals surface area contributed by atoms with Crippen molar-refractivity contribution < 1.29 is 0 Å². The molecule has 8 heteroatoms. The number of nitrogens with zero attached hydrogens (tertiary/aromatic N) is 4. The molecule has 0 radical (unpaired) electrons. The van der Waals surface area contributed by atoms with Crippen LogP contribution in [0, 0.1) is 13.8 Å². The smallest absolute Gasteiger partial charge is 0.170 e. The fourth-order valence-corrected chi connectivity index (χ4v) is 5.49. The molecule has 3 aromatic rings. The van der Waals surface area contributed by atoms with Crippen LogP contribution in [0.15, 0.2) is 48.7 Å². The number of benzene rings is 1. The summed E-state index contributed by atoms with van der Waals surface area (Å²) in [4.78, 5) is 9.17. The summed E-state index contributed by atoms with van der Waals surface area (Å²) in [5, 5.41) is 5.57. The van der Waals surface area contributed by atoms with Crippen molar-refractivity contribution in [1.82, 2.24) is 24.7 Å². The summed E-state index contributed by atoms with van der Waals surface area (Å²) in [5.41, 5.74) is 5.36. The number of aromatic nitrogens is 2. The third-order valence-electron chi connectivity index (χ3n) is 6.14. The molecule has 1 saturated heterocycles. The van der Waals surface area contributed by atoms with Gasteiger partial charge in [0.15, 0.2) is 5.11 Å². The number of halogens is 2. The third-order valence-corrected chi connectivity index (χ3v) is 7.03. The lowest BCUT2D eigenvalue weighted by atomic mass is 9.96. The maximum Gasteiger partial charge on any atom is 0.170 e. The molecule has 0 unspecified atom stereocenters. The van der Waals surface area contributed by atoms with Gasteiger partial charge in [0, 0.05) is 29.2 Å². The van der Waals surface area contributed by atoms with Gasteiger partial charge in [0.2, 0.25) is 0 Å². The minimum atomic E-state index is -0.0345. The van der Waals surface area contributed by atoms with Gasteiger partial charge in [-0.1, -0.05) is 29.3 Å². The normalized spacial score (nSPS) is 18.3. The van der Waals surface area contributed by atoms with Crippen molar-refractivity contribution in [3.63, 3.8) is 0 Å². The zero-order valence-corrected chi connectivity index (χ0v) is 21.7. The molecule has 1 fully saturated rings. The van der Waals surface area contributed by atoms with Gasteiger partial charge in [0.25, 0.3) is 0 Å². The molecular formula is C25H29Cl2N5S.